The highest BCUT2D eigenvalue weighted by molar-refractivity contribution is 5.76. The van der Waals surface area contributed by atoms with Gasteiger partial charge in [0, 0.05) is 32.3 Å². The number of hydrogen-bond donors (Lipinski definition) is 1. The summed E-state index contributed by atoms with van der Waals surface area (Å²) in [5.41, 5.74) is 0.306. The van der Waals surface area contributed by atoms with Crippen LogP contribution in [-0.2, 0) is 27.4 Å². The van der Waals surface area contributed by atoms with Crippen LogP contribution in [0.5, 0.6) is 0 Å². The maximum Gasteiger partial charge on any atom is 0.255 e. The molecule has 0 aromatic carbocycles. The molecular weight excluding hydrogens is 312 g/mol. The van der Waals surface area contributed by atoms with Gasteiger partial charge in [-0.1, -0.05) is 6.92 Å². The van der Waals surface area contributed by atoms with E-state index in [0.717, 1.165) is 6.42 Å². The molecule has 1 aliphatic heterocycles. The number of methoxy groups -OCH3 is 1. The number of aromatic nitrogens is 2. The Hall–Kier alpha value is -1.93. The second-order valence-corrected chi connectivity index (χ2v) is 5.88. The van der Waals surface area contributed by atoms with Crippen molar-refractivity contribution in [2.45, 2.75) is 39.5 Å². The third-order valence-corrected chi connectivity index (χ3v) is 3.95. The van der Waals surface area contributed by atoms with Crippen LogP contribution in [0.3, 0.4) is 0 Å². The molecule has 1 amide bonds. The maximum atomic E-state index is 12.5. The van der Waals surface area contributed by atoms with E-state index in [0.29, 0.717) is 37.9 Å². The second-order valence-electron chi connectivity index (χ2n) is 5.88. The standard InChI is InChI=1S/C16H26N4O4/c1-4-12(2)17-14(21)10-20-15(22)9-13(11-23-3)18-16(20)19-5-7-24-8-6-19/h9,12H,4-8,10-11H2,1-3H3,(H,17,21)/t12-/m0/s1. The molecule has 8 heteroatoms. The van der Waals surface area contributed by atoms with Gasteiger partial charge in [0.05, 0.1) is 25.5 Å². The molecule has 2 heterocycles. The van der Waals surface area contributed by atoms with Crippen molar-refractivity contribution in [2.24, 2.45) is 0 Å². The number of morpholine rings is 1. The molecular formula is C16H26N4O4. The van der Waals surface area contributed by atoms with Gasteiger partial charge >= 0.3 is 0 Å². The number of amides is 1. The zero-order valence-corrected chi connectivity index (χ0v) is 14.6. The Kier molecular flexibility index (Phi) is 6.74. The number of rotatable bonds is 7. The average Bonchev–Trinajstić information content (AvgIpc) is 2.58. The van der Waals surface area contributed by atoms with Crippen molar-refractivity contribution in [1.82, 2.24) is 14.9 Å². The molecule has 0 unspecified atom stereocenters. The van der Waals surface area contributed by atoms with Crippen LogP contribution in [0.1, 0.15) is 26.0 Å². The van der Waals surface area contributed by atoms with E-state index in [2.05, 4.69) is 10.3 Å². The summed E-state index contributed by atoms with van der Waals surface area (Å²) in [6.07, 6.45) is 0.835. The van der Waals surface area contributed by atoms with E-state index in [-0.39, 0.29) is 30.7 Å². The summed E-state index contributed by atoms with van der Waals surface area (Å²) >= 11 is 0. The molecule has 1 atom stereocenters. The smallest absolute Gasteiger partial charge is 0.255 e. The number of nitrogens with one attached hydrogen (secondary N) is 1. The fourth-order valence-corrected chi connectivity index (χ4v) is 2.48. The van der Waals surface area contributed by atoms with E-state index in [1.165, 1.54) is 10.6 Å². The molecule has 1 aromatic heterocycles. The molecule has 0 radical (unpaired) electrons. The summed E-state index contributed by atoms with van der Waals surface area (Å²) < 4.78 is 11.9. The van der Waals surface area contributed by atoms with Gasteiger partial charge in [-0.05, 0) is 13.3 Å². The fraction of sp³-hybridized carbons (Fsp3) is 0.688. The Balaban J connectivity index is 2.29. The summed E-state index contributed by atoms with van der Waals surface area (Å²) in [5.74, 6) is 0.305. The third kappa shape index (κ3) is 4.78. The quantitative estimate of drug-likeness (QED) is 0.761. The van der Waals surface area contributed by atoms with Crippen molar-refractivity contribution in [3.63, 3.8) is 0 Å². The lowest BCUT2D eigenvalue weighted by Crippen LogP contribution is -2.43. The first-order valence-corrected chi connectivity index (χ1v) is 8.27. The minimum absolute atomic E-state index is 0.0455. The summed E-state index contributed by atoms with van der Waals surface area (Å²) in [6, 6.07) is 1.49. The number of carbonyl (C=O) groups is 1. The third-order valence-electron chi connectivity index (χ3n) is 3.95. The molecule has 0 bridgehead atoms. The van der Waals surface area contributed by atoms with Gasteiger partial charge in [-0.3, -0.25) is 14.2 Å². The molecule has 8 nitrogen and oxygen atoms in total. The van der Waals surface area contributed by atoms with E-state index < -0.39 is 0 Å². The molecule has 0 aliphatic carbocycles. The molecule has 1 N–H and O–H groups in total. The van der Waals surface area contributed by atoms with Crippen LogP contribution < -0.4 is 15.8 Å². The van der Waals surface area contributed by atoms with Crippen molar-refractivity contribution in [3.8, 4) is 0 Å². The molecule has 1 aromatic rings. The first kappa shape index (κ1) is 18.4. The lowest BCUT2D eigenvalue weighted by molar-refractivity contribution is -0.122. The molecule has 24 heavy (non-hydrogen) atoms. The van der Waals surface area contributed by atoms with E-state index >= 15 is 0 Å². The van der Waals surface area contributed by atoms with Gasteiger partial charge in [0.1, 0.15) is 6.54 Å². The minimum Gasteiger partial charge on any atom is -0.378 e. The number of carbonyl (C=O) groups excluding carboxylic acids is 1. The van der Waals surface area contributed by atoms with Crippen molar-refractivity contribution < 1.29 is 14.3 Å². The van der Waals surface area contributed by atoms with Crippen molar-refractivity contribution in [3.05, 3.63) is 22.1 Å². The average molecular weight is 338 g/mol. The summed E-state index contributed by atoms with van der Waals surface area (Å²) in [7, 11) is 1.56. The molecule has 1 saturated heterocycles. The Bertz CT molecular complexity index is 611. The minimum atomic E-state index is -0.252. The molecule has 1 aliphatic rings. The van der Waals surface area contributed by atoms with Gasteiger partial charge in [-0.2, -0.15) is 0 Å². The van der Waals surface area contributed by atoms with Crippen LogP contribution in [0.4, 0.5) is 5.95 Å². The number of nitrogens with zero attached hydrogens (tertiary/aromatic N) is 3. The molecule has 0 saturated carbocycles. The fourth-order valence-electron chi connectivity index (χ4n) is 2.48. The van der Waals surface area contributed by atoms with Crippen LogP contribution >= 0.6 is 0 Å². The van der Waals surface area contributed by atoms with Gasteiger partial charge in [-0.15, -0.1) is 0 Å². The summed E-state index contributed by atoms with van der Waals surface area (Å²) in [6.45, 7) is 6.56. The second kappa shape index (κ2) is 8.79. The predicted octanol–water partition coefficient (Wildman–Crippen LogP) is 0.141. The maximum absolute atomic E-state index is 12.5. The van der Waals surface area contributed by atoms with Crippen LogP contribution in [-0.4, -0.2) is 54.9 Å². The SMILES string of the molecule is CC[C@H](C)NC(=O)Cn1c(N2CCOCC2)nc(COC)cc1=O. The first-order chi connectivity index (χ1) is 11.5. The highest BCUT2D eigenvalue weighted by Gasteiger charge is 2.20. The van der Waals surface area contributed by atoms with Crippen molar-refractivity contribution in [2.75, 3.05) is 38.3 Å². The lowest BCUT2D eigenvalue weighted by atomic mass is 10.2. The van der Waals surface area contributed by atoms with Crippen LogP contribution in [0.2, 0.25) is 0 Å². The Morgan fingerprint density at radius 2 is 2.17 bits per heavy atom. The summed E-state index contributed by atoms with van der Waals surface area (Å²) in [5, 5.41) is 2.88. The van der Waals surface area contributed by atoms with Gasteiger partial charge in [-0.25, -0.2) is 4.98 Å². The number of anilines is 1. The van der Waals surface area contributed by atoms with E-state index in [1.807, 2.05) is 18.7 Å². The zero-order valence-electron chi connectivity index (χ0n) is 14.6. The monoisotopic (exact) mass is 338 g/mol. The predicted molar refractivity (Wildman–Crippen MR) is 90.1 cm³/mol. The van der Waals surface area contributed by atoms with E-state index in [4.69, 9.17) is 9.47 Å². The van der Waals surface area contributed by atoms with Crippen LogP contribution in [0.15, 0.2) is 10.9 Å². The van der Waals surface area contributed by atoms with E-state index in [1.54, 1.807) is 7.11 Å². The lowest BCUT2D eigenvalue weighted by Gasteiger charge is -2.30. The number of hydrogen-bond acceptors (Lipinski definition) is 6. The number of ether oxygens (including phenoxy) is 2. The van der Waals surface area contributed by atoms with Gasteiger partial charge in [0.2, 0.25) is 11.9 Å². The molecule has 134 valence electrons. The van der Waals surface area contributed by atoms with Gasteiger partial charge in [0.25, 0.3) is 5.56 Å². The topological polar surface area (TPSA) is 85.7 Å². The molecule has 1 fully saturated rings. The van der Waals surface area contributed by atoms with Crippen LogP contribution in [0, 0.1) is 0 Å². The highest BCUT2D eigenvalue weighted by atomic mass is 16.5. The van der Waals surface area contributed by atoms with Gasteiger partial charge < -0.3 is 19.7 Å². The Morgan fingerprint density at radius 3 is 2.79 bits per heavy atom. The molecule has 0 spiro atoms. The normalized spacial score (nSPS) is 16.0. The van der Waals surface area contributed by atoms with Crippen molar-refractivity contribution >= 4 is 11.9 Å². The van der Waals surface area contributed by atoms with Gasteiger partial charge in [0.15, 0.2) is 0 Å². The summed E-state index contributed by atoms with van der Waals surface area (Å²) in [4.78, 5) is 31.2. The zero-order chi connectivity index (χ0) is 17.5. The van der Waals surface area contributed by atoms with E-state index in [9.17, 15) is 9.59 Å². The molecule has 2 rings (SSSR count). The Labute approximate surface area is 141 Å². The Morgan fingerprint density at radius 1 is 1.46 bits per heavy atom. The van der Waals surface area contributed by atoms with Crippen molar-refractivity contribution in [1.29, 1.82) is 0 Å². The van der Waals surface area contributed by atoms with Crippen LogP contribution in [0.25, 0.3) is 0 Å². The highest BCUT2D eigenvalue weighted by Crippen LogP contribution is 2.12. The largest absolute Gasteiger partial charge is 0.378 e. The first-order valence-electron chi connectivity index (χ1n) is 8.27.